The van der Waals surface area contributed by atoms with Gasteiger partial charge in [0.15, 0.2) is 0 Å². The predicted molar refractivity (Wildman–Crippen MR) is 135 cm³/mol. The summed E-state index contributed by atoms with van der Waals surface area (Å²) in [6.45, 7) is 1.64. The SMILES string of the molecule is Cc1ccccc1C(C(=O)NC1CCCCC1)N(C(=O)COC1C=NC=CC1)c1cccc(F)c1. The normalized spacial score (nSPS) is 18.7. The molecule has 0 radical (unpaired) electrons. The Morgan fingerprint density at radius 3 is 2.66 bits per heavy atom. The molecule has 184 valence electrons. The minimum absolute atomic E-state index is 0.0636. The highest BCUT2D eigenvalue weighted by atomic mass is 19.1. The first-order valence-electron chi connectivity index (χ1n) is 12.3. The quantitative estimate of drug-likeness (QED) is 0.580. The highest BCUT2D eigenvalue weighted by molar-refractivity contribution is 6.02. The van der Waals surface area contributed by atoms with Crippen molar-refractivity contribution >= 4 is 23.7 Å². The van der Waals surface area contributed by atoms with Crippen LogP contribution in [-0.2, 0) is 14.3 Å². The smallest absolute Gasteiger partial charge is 0.254 e. The second-order valence-corrected chi connectivity index (χ2v) is 9.11. The lowest BCUT2D eigenvalue weighted by Crippen LogP contribution is -2.48. The van der Waals surface area contributed by atoms with Gasteiger partial charge in [-0.3, -0.25) is 19.5 Å². The number of nitrogens with one attached hydrogen (secondary N) is 1. The fraction of sp³-hybridized carbons (Fsp3) is 0.393. The number of halogens is 1. The van der Waals surface area contributed by atoms with Crippen LogP contribution in [0, 0.1) is 12.7 Å². The van der Waals surface area contributed by atoms with Crippen molar-refractivity contribution in [3.8, 4) is 0 Å². The zero-order valence-electron chi connectivity index (χ0n) is 20.0. The first-order valence-corrected chi connectivity index (χ1v) is 12.3. The Kier molecular flexibility index (Phi) is 8.42. The van der Waals surface area contributed by atoms with Crippen LogP contribution >= 0.6 is 0 Å². The van der Waals surface area contributed by atoms with Crippen LogP contribution in [0.1, 0.15) is 55.7 Å². The number of nitrogens with zero attached hydrogens (tertiary/aromatic N) is 2. The molecule has 2 aliphatic rings. The van der Waals surface area contributed by atoms with Crippen molar-refractivity contribution in [3.05, 3.63) is 77.8 Å². The monoisotopic (exact) mass is 477 g/mol. The van der Waals surface area contributed by atoms with Gasteiger partial charge in [0.05, 0.1) is 6.10 Å². The predicted octanol–water partition coefficient (Wildman–Crippen LogP) is 5.03. The van der Waals surface area contributed by atoms with Crippen molar-refractivity contribution in [2.75, 3.05) is 11.5 Å². The van der Waals surface area contributed by atoms with Crippen LogP contribution in [0.4, 0.5) is 10.1 Å². The van der Waals surface area contributed by atoms with E-state index in [1.54, 1.807) is 24.5 Å². The number of hydrogen-bond acceptors (Lipinski definition) is 4. The number of amides is 2. The summed E-state index contributed by atoms with van der Waals surface area (Å²) >= 11 is 0. The van der Waals surface area contributed by atoms with E-state index < -0.39 is 17.8 Å². The van der Waals surface area contributed by atoms with Crippen LogP contribution in [0.3, 0.4) is 0 Å². The van der Waals surface area contributed by atoms with Crippen molar-refractivity contribution in [1.82, 2.24) is 5.32 Å². The molecular weight excluding hydrogens is 445 g/mol. The van der Waals surface area contributed by atoms with Crippen molar-refractivity contribution in [3.63, 3.8) is 0 Å². The number of rotatable bonds is 8. The Balaban J connectivity index is 1.69. The van der Waals surface area contributed by atoms with Crippen molar-refractivity contribution in [2.45, 2.75) is 63.6 Å². The highest BCUT2D eigenvalue weighted by Gasteiger charge is 2.35. The summed E-state index contributed by atoms with van der Waals surface area (Å²) in [4.78, 5) is 32.9. The molecule has 1 N–H and O–H groups in total. The van der Waals surface area contributed by atoms with Gasteiger partial charge < -0.3 is 10.1 Å². The third-order valence-corrected chi connectivity index (χ3v) is 6.53. The summed E-state index contributed by atoms with van der Waals surface area (Å²) in [7, 11) is 0. The molecule has 2 amide bonds. The Labute approximate surface area is 205 Å². The first-order chi connectivity index (χ1) is 17.0. The molecular formula is C28H32FN3O3. The van der Waals surface area contributed by atoms with Crippen molar-refractivity contribution < 1.29 is 18.7 Å². The summed E-state index contributed by atoms with van der Waals surface area (Å²) in [5, 5.41) is 3.17. The van der Waals surface area contributed by atoms with Gasteiger partial charge in [-0.1, -0.05) is 55.7 Å². The van der Waals surface area contributed by atoms with E-state index >= 15 is 0 Å². The molecule has 1 fully saturated rings. The lowest BCUT2D eigenvalue weighted by atomic mass is 9.93. The third-order valence-electron chi connectivity index (χ3n) is 6.53. The minimum atomic E-state index is -0.962. The molecule has 0 saturated heterocycles. The van der Waals surface area contributed by atoms with Gasteiger partial charge in [0.1, 0.15) is 18.5 Å². The van der Waals surface area contributed by atoms with E-state index in [2.05, 4.69) is 10.3 Å². The number of aliphatic imine (C=N–C) groups is 1. The molecule has 0 bridgehead atoms. The summed E-state index contributed by atoms with van der Waals surface area (Å²) in [6.07, 6.45) is 10.6. The van der Waals surface area contributed by atoms with E-state index in [9.17, 15) is 14.0 Å². The van der Waals surface area contributed by atoms with Crippen molar-refractivity contribution in [1.29, 1.82) is 0 Å². The average Bonchev–Trinajstić information content (AvgIpc) is 2.87. The van der Waals surface area contributed by atoms with Crippen LogP contribution in [0.2, 0.25) is 0 Å². The van der Waals surface area contributed by atoms with Gasteiger partial charge in [-0.25, -0.2) is 4.39 Å². The number of aryl methyl sites for hydroxylation is 1. The van der Waals surface area contributed by atoms with E-state index in [-0.39, 0.29) is 24.7 Å². The zero-order valence-corrected chi connectivity index (χ0v) is 20.0. The topological polar surface area (TPSA) is 71.0 Å². The molecule has 0 aromatic heterocycles. The summed E-state index contributed by atoms with van der Waals surface area (Å²) in [5.74, 6) is -1.18. The number of carbonyl (C=O) groups is 2. The molecule has 0 spiro atoms. The summed E-state index contributed by atoms with van der Waals surface area (Å²) < 4.78 is 20.1. The maximum Gasteiger partial charge on any atom is 0.254 e. The number of ether oxygens (including phenoxy) is 1. The Morgan fingerprint density at radius 1 is 1.14 bits per heavy atom. The van der Waals surface area contributed by atoms with Crippen LogP contribution in [0.5, 0.6) is 0 Å². The maximum atomic E-state index is 14.3. The van der Waals surface area contributed by atoms with E-state index in [1.807, 2.05) is 37.3 Å². The number of anilines is 1. The van der Waals surface area contributed by atoms with Crippen molar-refractivity contribution in [2.24, 2.45) is 4.99 Å². The van der Waals surface area contributed by atoms with Gasteiger partial charge in [-0.2, -0.15) is 0 Å². The fourth-order valence-electron chi connectivity index (χ4n) is 4.70. The van der Waals surface area contributed by atoms with Gasteiger partial charge in [-0.15, -0.1) is 0 Å². The average molecular weight is 478 g/mol. The Morgan fingerprint density at radius 2 is 1.94 bits per heavy atom. The lowest BCUT2D eigenvalue weighted by molar-refractivity contribution is -0.129. The number of carbonyl (C=O) groups excluding carboxylic acids is 2. The molecule has 1 heterocycles. The molecule has 4 rings (SSSR count). The van der Waals surface area contributed by atoms with Gasteiger partial charge in [0.25, 0.3) is 5.91 Å². The molecule has 35 heavy (non-hydrogen) atoms. The molecule has 2 unspecified atom stereocenters. The Hall–Kier alpha value is -3.32. The van der Waals surface area contributed by atoms with E-state index in [0.717, 1.165) is 31.2 Å². The number of hydrogen-bond donors (Lipinski definition) is 1. The van der Waals surface area contributed by atoms with Crippen LogP contribution in [-0.4, -0.2) is 36.8 Å². The van der Waals surface area contributed by atoms with Gasteiger partial charge in [-0.05, 0) is 55.5 Å². The van der Waals surface area contributed by atoms with Crippen LogP contribution < -0.4 is 10.2 Å². The van der Waals surface area contributed by atoms with Gasteiger partial charge >= 0.3 is 0 Å². The molecule has 6 nitrogen and oxygen atoms in total. The summed E-state index contributed by atoms with van der Waals surface area (Å²) in [6, 6.07) is 12.4. The molecule has 7 heteroatoms. The lowest BCUT2D eigenvalue weighted by Gasteiger charge is -2.34. The molecule has 2 atom stereocenters. The largest absolute Gasteiger partial charge is 0.362 e. The zero-order chi connectivity index (χ0) is 24.6. The maximum absolute atomic E-state index is 14.3. The van der Waals surface area contributed by atoms with Crippen LogP contribution in [0.25, 0.3) is 0 Å². The fourth-order valence-corrected chi connectivity index (χ4v) is 4.70. The van der Waals surface area contributed by atoms with E-state index in [4.69, 9.17) is 4.74 Å². The molecule has 2 aromatic rings. The summed E-state index contributed by atoms with van der Waals surface area (Å²) in [5.41, 5.74) is 1.87. The van der Waals surface area contributed by atoms with Gasteiger partial charge in [0.2, 0.25) is 5.91 Å². The molecule has 1 aliphatic heterocycles. The Bertz CT molecular complexity index is 1090. The molecule has 1 aliphatic carbocycles. The molecule has 1 saturated carbocycles. The second kappa shape index (κ2) is 11.9. The van der Waals surface area contributed by atoms with E-state index in [0.29, 0.717) is 17.7 Å². The van der Waals surface area contributed by atoms with Crippen LogP contribution in [0.15, 0.2) is 65.8 Å². The standard InChI is InChI=1S/C28H32FN3O3/c1-20-9-5-6-15-25(20)27(28(34)31-22-11-3-2-4-12-22)32(23-13-7-10-21(29)17-23)26(33)19-35-24-14-8-16-30-18-24/h5-10,13,15-18,22,24,27H,2-4,11-12,14,19H2,1H3,(H,31,34). The second-order valence-electron chi connectivity index (χ2n) is 9.11. The highest BCUT2D eigenvalue weighted by Crippen LogP contribution is 2.31. The minimum Gasteiger partial charge on any atom is -0.362 e. The number of benzene rings is 2. The third kappa shape index (κ3) is 6.42. The molecule has 2 aromatic carbocycles. The van der Waals surface area contributed by atoms with E-state index in [1.165, 1.54) is 23.5 Å². The first kappa shape index (κ1) is 24.8. The van der Waals surface area contributed by atoms with Gasteiger partial charge in [0, 0.05) is 24.1 Å².